The van der Waals surface area contributed by atoms with Crippen molar-refractivity contribution < 1.29 is 9.47 Å². The van der Waals surface area contributed by atoms with E-state index in [4.69, 9.17) is 9.47 Å². The number of ether oxygens (including phenoxy) is 2. The molecule has 1 aliphatic heterocycles. The van der Waals surface area contributed by atoms with E-state index in [2.05, 4.69) is 16.0 Å². The van der Waals surface area contributed by atoms with Gasteiger partial charge in [0.05, 0.1) is 20.3 Å². The van der Waals surface area contributed by atoms with Crippen molar-refractivity contribution in [2.24, 2.45) is 0 Å². The van der Waals surface area contributed by atoms with Crippen LogP contribution in [0.1, 0.15) is 11.1 Å². The Kier molecular flexibility index (Phi) is 2.49. The van der Waals surface area contributed by atoms with Gasteiger partial charge in [-0.05, 0) is 23.3 Å². The molecule has 0 N–H and O–H groups in total. The molecule has 0 unspecified atom stereocenters. The summed E-state index contributed by atoms with van der Waals surface area (Å²) in [6, 6.07) is 4.13. The molecule has 1 aromatic heterocycles. The van der Waals surface area contributed by atoms with Gasteiger partial charge in [0.15, 0.2) is 0 Å². The van der Waals surface area contributed by atoms with Gasteiger partial charge in [-0.3, -0.25) is 0 Å². The van der Waals surface area contributed by atoms with Gasteiger partial charge in [-0.2, -0.15) is 0 Å². The summed E-state index contributed by atoms with van der Waals surface area (Å²) >= 11 is 0. The van der Waals surface area contributed by atoms with Crippen LogP contribution in [-0.2, 0) is 18.0 Å². The number of nitrogens with zero attached hydrogens (tertiary/aromatic N) is 2. The molecule has 86 valence electrons. The van der Waals surface area contributed by atoms with Crippen molar-refractivity contribution >= 4 is 0 Å². The van der Waals surface area contributed by atoms with E-state index in [-0.39, 0.29) is 0 Å². The average molecular weight is 228 g/mol. The summed E-state index contributed by atoms with van der Waals surface area (Å²) in [6.45, 7) is 1.33. The van der Waals surface area contributed by atoms with Crippen molar-refractivity contribution in [2.45, 2.75) is 13.2 Å². The van der Waals surface area contributed by atoms with Crippen LogP contribution >= 0.6 is 0 Å². The van der Waals surface area contributed by atoms with Gasteiger partial charge in [0.1, 0.15) is 12.1 Å². The van der Waals surface area contributed by atoms with Gasteiger partial charge in [-0.15, -0.1) is 0 Å². The van der Waals surface area contributed by atoms with Crippen LogP contribution in [0.4, 0.5) is 0 Å². The monoisotopic (exact) mass is 228 g/mol. The summed E-state index contributed by atoms with van der Waals surface area (Å²) < 4.78 is 10.8. The van der Waals surface area contributed by atoms with Gasteiger partial charge in [0.25, 0.3) is 0 Å². The second-order valence-electron chi connectivity index (χ2n) is 3.94. The van der Waals surface area contributed by atoms with Crippen LogP contribution in [0.3, 0.4) is 0 Å². The Labute approximate surface area is 99.2 Å². The highest BCUT2D eigenvalue weighted by Gasteiger charge is 2.16. The van der Waals surface area contributed by atoms with Gasteiger partial charge in [0.2, 0.25) is 0 Å². The molecule has 0 fully saturated rings. The predicted octanol–water partition coefficient (Wildman–Crippen LogP) is 2.18. The fourth-order valence-corrected chi connectivity index (χ4v) is 2.04. The Morgan fingerprint density at radius 3 is 2.53 bits per heavy atom. The van der Waals surface area contributed by atoms with E-state index in [1.807, 2.05) is 6.07 Å². The highest BCUT2D eigenvalue weighted by Crippen LogP contribution is 2.34. The van der Waals surface area contributed by atoms with Crippen LogP contribution in [-0.4, -0.2) is 17.1 Å². The predicted molar refractivity (Wildman–Crippen MR) is 62.5 cm³/mol. The molecule has 4 nitrogen and oxygen atoms in total. The zero-order chi connectivity index (χ0) is 11.7. The largest absolute Gasteiger partial charge is 0.496 e. The molecule has 17 heavy (non-hydrogen) atoms. The van der Waals surface area contributed by atoms with E-state index >= 15 is 0 Å². The summed E-state index contributed by atoms with van der Waals surface area (Å²) in [6.07, 6.45) is 5.09. The summed E-state index contributed by atoms with van der Waals surface area (Å²) in [7, 11) is 1.67. The van der Waals surface area contributed by atoms with Crippen LogP contribution in [0, 0.1) is 0 Å². The number of benzene rings is 1. The normalized spacial score (nSPS) is 13.5. The molecule has 0 radical (unpaired) electrons. The topological polar surface area (TPSA) is 44.2 Å². The molecule has 2 heterocycles. The third-order valence-corrected chi connectivity index (χ3v) is 2.91. The molecule has 3 rings (SSSR count). The molecule has 4 heteroatoms. The number of aromatic nitrogens is 2. The van der Waals surface area contributed by atoms with Gasteiger partial charge in [-0.25, -0.2) is 9.97 Å². The first-order chi connectivity index (χ1) is 8.38. The molecular weight excluding hydrogens is 216 g/mol. The third-order valence-electron chi connectivity index (χ3n) is 2.91. The first-order valence-electron chi connectivity index (χ1n) is 5.41. The minimum Gasteiger partial charge on any atom is -0.496 e. The number of rotatable bonds is 2. The van der Waals surface area contributed by atoms with Crippen LogP contribution in [0.5, 0.6) is 5.75 Å². The van der Waals surface area contributed by atoms with Crippen molar-refractivity contribution in [1.29, 1.82) is 0 Å². The second kappa shape index (κ2) is 4.14. The lowest BCUT2D eigenvalue weighted by molar-refractivity contribution is 0.134. The quantitative estimate of drug-likeness (QED) is 0.790. The van der Waals surface area contributed by atoms with E-state index in [1.165, 1.54) is 17.5 Å². The molecule has 0 atom stereocenters. The summed E-state index contributed by atoms with van der Waals surface area (Å²) in [4.78, 5) is 8.06. The molecule has 1 aliphatic rings. The van der Waals surface area contributed by atoms with E-state index in [0.717, 1.165) is 16.9 Å². The fourth-order valence-electron chi connectivity index (χ4n) is 2.04. The van der Waals surface area contributed by atoms with Crippen LogP contribution in [0.25, 0.3) is 11.1 Å². The zero-order valence-corrected chi connectivity index (χ0v) is 9.51. The maximum atomic E-state index is 5.42. The van der Waals surface area contributed by atoms with Crippen molar-refractivity contribution in [2.75, 3.05) is 7.11 Å². The Morgan fingerprint density at radius 1 is 1.12 bits per heavy atom. The minimum atomic E-state index is 0.664. The van der Waals surface area contributed by atoms with Crippen molar-refractivity contribution in [1.82, 2.24) is 9.97 Å². The Bertz CT molecular complexity index is 541. The smallest absolute Gasteiger partial charge is 0.127 e. The molecule has 0 bridgehead atoms. The van der Waals surface area contributed by atoms with Gasteiger partial charge in [0, 0.05) is 23.5 Å². The lowest BCUT2D eigenvalue weighted by atomic mass is 10.0. The standard InChI is InChI=1S/C13H12N2O2/c1-16-13-3-10-7-17-6-9(10)2-12(13)11-4-14-8-15-5-11/h2-5,8H,6-7H2,1H3. The summed E-state index contributed by atoms with van der Waals surface area (Å²) in [5.41, 5.74) is 4.38. The second-order valence-corrected chi connectivity index (χ2v) is 3.94. The fraction of sp³-hybridized carbons (Fsp3) is 0.231. The number of methoxy groups -OCH3 is 1. The molecule has 0 spiro atoms. The van der Waals surface area contributed by atoms with Crippen molar-refractivity contribution in [3.8, 4) is 16.9 Å². The highest BCUT2D eigenvalue weighted by atomic mass is 16.5. The molecule has 0 aliphatic carbocycles. The highest BCUT2D eigenvalue weighted by molar-refractivity contribution is 5.71. The molecule has 0 saturated heterocycles. The van der Waals surface area contributed by atoms with Crippen LogP contribution in [0.2, 0.25) is 0 Å². The van der Waals surface area contributed by atoms with Gasteiger partial charge in [-0.1, -0.05) is 0 Å². The third kappa shape index (κ3) is 1.76. The van der Waals surface area contributed by atoms with E-state index in [1.54, 1.807) is 19.5 Å². The first kappa shape index (κ1) is 10.2. The van der Waals surface area contributed by atoms with Gasteiger partial charge < -0.3 is 9.47 Å². The summed E-state index contributed by atoms with van der Waals surface area (Å²) in [5, 5.41) is 0. The maximum absolute atomic E-state index is 5.42. The van der Waals surface area contributed by atoms with E-state index in [9.17, 15) is 0 Å². The first-order valence-corrected chi connectivity index (χ1v) is 5.41. The van der Waals surface area contributed by atoms with Crippen molar-refractivity contribution in [3.63, 3.8) is 0 Å². The number of hydrogen-bond donors (Lipinski definition) is 0. The molecule has 2 aromatic rings. The summed E-state index contributed by atoms with van der Waals surface area (Å²) in [5.74, 6) is 0.837. The zero-order valence-electron chi connectivity index (χ0n) is 9.51. The SMILES string of the molecule is COc1cc2c(cc1-c1cncnc1)COC2. The van der Waals surface area contributed by atoms with Crippen LogP contribution < -0.4 is 4.74 Å². The van der Waals surface area contributed by atoms with E-state index in [0.29, 0.717) is 13.2 Å². The Morgan fingerprint density at radius 2 is 1.82 bits per heavy atom. The van der Waals surface area contributed by atoms with Crippen LogP contribution in [0.15, 0.2) is 30.9 Å². The van der Waals surface area contributed by atoms with Gasteiger partial charge >= 0.3 is 0 Å². The van der Waals surface area contributed by atoms with Crippen molar-refractivity contribution in [3.05, 3.63) is 42.0 Å². The average Bonchev–Trinajstić information content (AvgIpc) is 2.85. The maximum Gasteiger partial charge on any atom is 0.127 e. The lowest BCUT2D eigenvalue weighted by Gasteiger charge is -2.10. The molecule has 0 saturated carbocycles. The Hall–Kier alpha value is -1.94. The molecule has 1 aromatic carbocycles. The Balaban J connectivity index is 2.16. The van der Waals surface area contributed by atoms with E-state index < -0.39 is 0 Å². The molecular formula is C13H12N2O2. The number of fused-ring (bicyclic) bond motifs is 1. The minimum absolute atomic E-state index is 0.664. The number of hydrogen-bond acceptors (Lipinski definition) is 4. The molecule has 0 amide bonds. The lowest BCUT2D eigenvalue weighted by Crippen LogP contribution is -1.93.